The Balaban J connectivity index is 2.13. The normalized spacial score (nSPS) is 17.8. The fourth-order valence-electron chi connectivity index (χ4n) is 4.98. The number of unbranched alkanes of at least 4 members (excludes halogenated alkanes) is 1. The molecule has 1 aliphatic carbocycles. The van der Waals surface area contributed by atoms with Gasteiger partial charge in [-0.2, -0.15) is 0 Å². The molecule has 0 radical (unpaired) electrons. The standard InChI is InChI=1S/C37H49N/c1-9-10-17-30(7)38(34-22-20-33(21-23-34)32-18-12-11-13-19-32)35-24-25-36(31(8)28(4)5)37(26-35)29(6)16-14-15-27(2)3/h11-14,16-20,22-28,33H,9-10,15,21H2,1-8H3/b16-14+,30-17+,36-31-,37-29-. The van der Waals surface area contributed by atoms with E-state index >= 15 is 0 Å². The Morgan fingerprint density at radius 2 is 1.71 bits per heavy atom. The number of hydrogen-bond acceptors (Lipinski definition) is 1. The maximum atomic E-state index is 2.45. The average molecular weight is 508 g/mol. The van der Waals surface area contributed by atoms with Crippen LogP contribution < -0.4 is 15.3 Å². The van der Waals surface area contributed by atoms with E-state index in [2.05, 4.69) is 145 Å². The second kappa shape index (κ2) is 14.2. The van der Waals surface area contributed by atoms with Gasteiger partial charge in [0.05, 0.1) is 0 Å². The molecular formula is C37H49N. The van der Waals surface area contributed by atoms with Crippen LogP contribution in [0.1, 0.15) is 92.6 Å². The average Bonchev–Trinajstić information content (AvgIpc) is 2.92. The first-order chi connectivity index (χ1) is 18.2. The zero-order chi connectivity index (χ0) is 27.7. The van der Waals surface area contributed by atoms with Crippen LogP contribution in [0.15, 0.2) is 96.4 Å². The third-order valence-electron chi connectivity index (χ3n) is 7.60. The van der Waals surface area contributed by atoms with Gasteiger partial charge in [0, 0.05) is 23.0 Å². The van der Waals surface area contributed by atoms with Crippen LogP contribution in [0.4, 0.5) is 5.69 Å². The first-order valence-electron chi connectivity index (χ1n) is 14.6. The van der Waals surface area contributed by atoms with Crippen LogP contribution >= 0.6 is 0 Å². The van der Waals surface area contributed by atoms with Crippen molar-refractivity contribution in [1.82, 2.24) is 0 Å². The van der Waals surface area contributed by atoms with Crippen molar-refractivity contribution < 1.29 is 0 Å². The number of allylic oxidation sites excluding steroid dienone is 7. The van der Waals surface area contributed by atoms with Gasteiger partial charge in [0.25, 0.3) is 0 Å². The quantitative estimate of drug-likeness (QED) is 0.309. The summed E-state index contributed by atoms with van der Waals surface area (Å²) < 4.78 is 0. The summed E-state index contributed by atoms with van der Waals surface area (Å²) in [4.78, 5) is 2.45. The van der Waals surface area contributed by atoms with Gasteiger partial charge in [-0.25, -0.2) is 0 Å². The molecule has 202 valence electrons. The molecule has 0 aromatic heterocycles. The fraction of sp³-hybridized carbons (Fsp3) is 0.405. The molecule has 1 heteroatoms. The molecular weight excluding hydrogens is 458 g/mol. The van der Waals surface area contributed by atoms with E-state index < -0.39 is 0 Å². The molecule has 1 aliphatic rings. The summed E-state index contributed by atoms with van der Waals surface area (Å²) in [5.74, 6) is 1.61. The maximum Gasteiger partial charge on any atom is 0.0464 e. The molecule has 1 atom stereocenters. The number of benzene rings is 2. The van der Waals surface area contributed by atoms with Gasteiger partial charge in [-0.1, -0.05) is 113 Å². The van der Waals surface area contributed by atoms with Gasteiger partial charge in [-0.05, 0) is 91.7 Å². The van der Waals surface area contributed by atoms with Crippen LogP contribution in [-0.4, -0.2) is 0 Å². The minimum Gasteiger partial charge on any atom is -0.315 e. The summed E-state index contributed by atoms with van der Waals surface area (Å²) in [5.41, 5.74) is 7.94. The smallest absolute Gasteiger partial charge is 0.0464 e. The highest BCUT2D eigenvalue weighted by molar-refractivity contribution is 5.65. The van der Waals surface area contributed by atoms with E-state index in [0.717, 1.165) is 25.7 Å². The molecule has 0 saturated carbocycles. The Hall–Kier alpha value is -3.06. The minimum absolute atomic E-state index is 0.435. The van der Waals surface area contributed by atoms with E-state index in [1.54, 1.807) is 0 Å². The van der Waals surface area contributed by atoms with Crippen molar-refractivity contribution in [3.05, 3.63) is 112 Å². The molecule has 0 aliphatic heterocycles. The van der Waals surface area contributed by atoms with E-state index in [4.69, 9.17) is 0 Å². The monoisotopic (exact) mass is 507 g/mol. The van der Waals surface area contributed by atoms with Gasteiger partial charge in [-0.3, -0.25) is 0 Å². The van der Waals surface area contributed by atoms with E-state index in [1.165, 1.54) is 44.2 Å². The van der Waals surface area contributed by atoms with Gasteiger partial charge >= 0.3 is 0 Å². The molecule has 0 heterocycles. The van der Waals surface area contributed by atoms with Crippen molar-refractivity contribution in [3.8, 4) is 0 Å². The lowest BCUT2D eigenvalue weighted by atomic mass is 9.91. The first-order valence-corrected chi connectivity index (χ1v) is 14.6. The Kier molecular flexibility index (Phi) is 11.0. The van der Waals surface area contributed by atoms with Gasteiger partial charge in [0.15, 0.2) is 0 Å². The van der Waals surface area contributed by atoms with Gasteiger partial charge < -0.3 is 4.90 Å². The molecule has 2 aromatic rings. The van der Waals surface area contributed by atoms with Crippen molar-refractivity contribution in [2.24, 2.45) is 11.8 Å². The Bertz CT molecular complexity index is 1300. The van der Waals surface area contributed by atoms with E-state index in [1.807, 2.05) is 0 Å². The predicted molar refractivity (Wildman–Crippen MR) is 169 cm³/mol. The molecule has 1 unspecified atom stereocenters. The van der Waals surface area contributed by atoms with Crippen molar-refractivity contribution in [1.29, 1.82) is 0 Å². The zero-order valence-corrected chi connectivity index (χ0v) is 25.1. The van der Waals surface area contributed by atoms with Crippen LogP contribution in [-0.2, 0) is 0 Å². The Morgan fingerprint density at radius 3 is 2.32 bits per heavy atom. The summed E-state index contributed by atoms with van der Waals surface area (Å²) in [7, 11) is 0. The van der Waals surface area contributed by atoms with Crippen LogP contribution in [0, 0.1) is 11.8 Å². The molecule has 0 saturated heterocycles. The van der Waals surface area contributed by atoms with Crippen LogP contribution in [0.5, 0.6) is 0 Å². The lowest BCUT2D eigenvalue weighted by molar-refractivity contribution is 0.664. The number of rotatable bonds is 10. The number of anilines is 1. The van der Waals surface area contributed by atoms with Crippen LogP contribution in [0.25, 0.3) is 11.1 Å². The van der Waals surface area contributed by atoms with Crippen molar-refractivity contribution in [3.63, 3.8) is 0 Å². The maximum absolute atomic E-state index is 2.45. The molecule has 0 amide bonds. The Labute approximate surface area is 232 Å². The number of nitrogens with zero attached hydrogens (tertiary/aromatic N) is 1. The SMILES string of the molecule is CCC/C=C(\C)N(C1=CCC(c2ccccc2)C=C1)c1ccc(=C(\C)C(C)C)/c(=C(C)\C=C\CC(C)C)c1. The molecule has 2 aromatic carbocycles. The second-order valence-corrected chi connectivity index (χ2v) is 11.5. The van der Waals surface area contributed by atoms with E-state index in [-0.39, 0.29) is 0 Å². The van der Waals surface area contributed by atoms with E-state index in [0.29, 0.717) is 17.8 Å². The summed E-state index contributed by atoms with van der Waals surface area (Å²) >= 11 is 0. The molecule has 3 rings (SSSR count). The molecule has 0 fully saturated rings. The van der Waals surface area contributed by atoms with Gasteiger partial charge in [0.2, 0.25) is 0 Å². The summed E-state index contributed by atoms with van der Waals surface area (Å²) in [6.45, 7) is 18.2. The summed E-state index contributed by atoms with van der Waals surface area (Å²) in [6, 6.07) is 17.9. The van der Waals surface area contributed by atoms with Crippen molar-refractivity contribution in [2.45, 2.75) is 87.0 Å². The van der Waals surface area contributed by atoms with Gasteiger partial charge in [-0.15, -0.1) is 0 Å². The lowest BCUT2D eigenvalue weighted by Gasteiger charge is -2.30. The van der Waals surface area contributed by atoms with Crippen molar-refractivity contribution in [2.75, 3.05) is 4.90 Å². The highest BCUT2D eigenvalue weighted by Crippen LogP contribution is 2.32. The largest absolute Gasteiger partial charge is 0.315 e. The molecule has 1 nitrogen and oxygen atoms in total. The second-order valence-electron chi connectivity index (χ2n) is 11.5. The topological polar surface area (TPSA) is 3.24 Å². The highest BCUT2D eigenvalue weighted by atomic mass is 15.1. The minimum atomic E-state index is 0.435. The third kappa shape index (κ3) is 7.73. The summed E-state index contributed by atoms with van der Waals surface area (Å²) in [6.07, 6.45) is 18.5. The van der Waals surface area contributed by atoms with Crippen molar-refractivity contribution >= 4 is 16.8 Å². The third-order valence-corrected chi connectivity index (χ3v) is 7.60. The zero-order valence-electron chi connectivity index (χ0n) is 25.1. The lowest BCUT2D eigenvalue weighted by Crippen LogP contribution is -2.31. The van der Waals surface area contributed by atoms with Crippen LogP contribution in [0.3, 0.4) is 0 Å². The molecule has 0 spiro atoms. The summed E-state index contributed by atoms with van der Waals surface area (Å²) in [5, 5.41) is 2.70. The van der Waals surface area contributed by atoms with Crippen LogP contribution in [0.2, 0.25) is 0 Å². The molecule has 0 bridgehead atoms. The number of hydrogen-bond donors (Lipinski definition) is 0. The molecule has 38 heavy (non-hydrogen) atoms. The van der Waals surface area contributed by atoms with Gasteiger partial charge in [0.1, 0.15) is 0 Å². The first kappa shape index (κ1) is 29.5. The fourth-order valence-corrected chi connectivity index (χ4v) is 4.98. The highest BCUT2D eigenvalue weighted by Gasteiger charge is 2.18. The Morgan fingerprint density at radius 1 is 0.974 bits per heavy atom. The van der Waals surface area contributed by atoms with E-state index in [9.17, 15) is 0 Å². The predicted octanol–water partition coefficient (Wildman–Crippen LogP) is 9.42. The molecule has 0 N–H and O–H groups in total.